The summed E-state index contributed by atoms with van der Waals surface area (Å²) < 4.78 is 5.52. The molecule has 1 fully saturated rings. The molecule has 1 aliphatic heterocycles. The van der Waals surface area contributed by atoms with Crippen LogP contribution in [0.25, 0.3) is 0 Å². The predicted molar refractivity (Wildman–Crippen MR) is 83.5 cm³/mol. The second kappa shape index (κ2) is 7.07. The molecule has 2 rings (SSSR count). The molecule has 1 aliphatic rings. The highest BCUT2D eigenvalue weighted by molar-refractivity contribution is 5.39. The number of methoxy groups -OCH3 is 1. The van der Waals surface area contributed by atoms with Crippen LogP contribution in [0, 0.1) is 6.92 Å². The summed E-state index contributed by atoms with van der Waals surface area (Å²) in [4.78, 5) is 4.92. The van der Waals surface area contributed by atoms with Crippen molar-refractivity contribution in [2.45, 2.75) is 13.0 Å². The van der Waals surface area contributed by atoms with Crippen LogP contribution < -0.4 is 10.1 Å². The van der Waals surface area contributed by atoms with Gasteiger partial charge < -0.3 is 15.0 Å². The molecule has 1 saturated heterocycles. The van der Waals surface area contributed by atoms with Crippen molar-refractivity contribution in [3.8, 4) is 5.75 Å². The Kier molecular flexibility index (Phi) is 5.40. The fourth-order valence-corrected chi connectivity index (χ4v) is 2.76. The van der Waals surface area contributed by atoms with Crippen LogP contribution in [0.4, 0.5) is 0 Å². The second-order valence-corrected chi connectivity index (χ2v) is 5.69. The summed E-state index contributed by atoms with van der Waals surface area (Å²) in [5.41, 5.74) is 2.54. The molecule has 4 heteroatoms. The number of likely N-dealkylation sites (N-methyl/N-ethyl adjacent to an activating group) is 2. The van der Waals surface area contributed by atoms with Crippen LogP contribution in [0.5, 0.6) is 5.75 Å². The quantitative estimate of drug-likeness (QED) is 0.883. The van der Waals surface area contributed by atoms with E-state index in [1.807, 2.05) is 7.05 Å². The number of nitrogens with one attached hydrogen (secondary N) is 1. The van der Waals surface area contributed by atoms with Gasteiger partial charge in [0.1, 0.15) is 5.75 Å². The second-order valence-electron chi connectivity index (χ2n) is 5.69. The van der Waals surface area contributed by atoms with Crippen molar-refractivity contribution in [2.75, 3.05) is 53.9 Å². The maximum absolute atomic E-state index is 5.52. The summed E-state index contributed by atoms with van der Waals surface area (Å²) in [6.45, 7) is 7.75. The van der Waals surface area contributed by atoms with Gasteiger partial charge in [0.2, 0.25) is 0 Å². The van der Waals surface area contributed by atoms with Gasteiger partial charge in [0.15, 0.2) is 0 Å². The van der Waals surface area contributed by atoms with Gasteiger partial charge in [-0.3, -0.25) is 4.90 Å². The van der Waals surface area contributed by atoms with Crippen molar-refractivity contribution in [1.29, 1.82) is 0 Å². The number of hydrogen-bond donors (Lipinski definition) is 1. The number of benzene rings is 1. The van der Waals surface area contributed by atoms with Crippen molar-refractivity contribution in [1.82, 2.24) is 15.1 Å². The number of rotatable bonds is 5. The van der Waals surface area contributed by atoms with Gasteiger partial charge in [-0.2, -0.15) is 0 Å². The first-order chi connectivity index (χ1) is 9.63. The van der Waals surface area contributed by atoms with Crippen LogP contribution in [0.3, 0.4) is 0 Å². The molecule has 112 valence electrons. The van der Waals surface area contributed by atoms with Crippen LogP contribution >= 0.6 is 0 Å². The van der Waals surface area contributed by atoms with Crippen LogP contribution in [-0.4, -0.2) is 63.7 Å². The predicted octanol–water partition coefficient (Wildman–Crippen LogP) is 1.51. The van der Waals surface area contributed by atoms with Gasteiger partial charge in [-0.25, -0.2) is 0 Å². The molecule has 1 atom stereocenters. The zero-order chi connectivity index (χ0) is 14.5. The molecule has 0 radical (unpaired) electrons. The van der Waals surface area contributed by atoms with E-state index in [9.17, 15) is 0 Å². The lowest BCUT2D eigenvalue weighted by Gasteiger charge is -2.35. The molecular weight excluding hydrogens is 250 g/mol. The molecule has 0 spiro atoms. The first-order valence-electron chi connectivity index (χ1n) is 7.36. The first kappa shape index (κ1) is 15.3. The van der Waals surface area contributed by atoms with Crippen molar-refractivity contribution < 1.29 is 4.74 Å². The van der Waals surface area contributed by atoms with E-state index in [4.69, 9.17) is 4.74 Å². The topological polar surface area (TPSA) is 27.7 Å². The largest absolute Gasteiger partial charge is 0.496 e. The summed E-state index contributed by atoms with van der Waals surface area (Å²) in [5.74, 6) is 0.976. The molecule has 1 aromatic rings. The summed E-state index contributed by atoms with van der Waals surface area (Å²) in [7, 11) is 5.97. The summed E-state index contributed by atoms with van der Waals surface area (Å²) in [5, 5.41) is 3.44. The fraction of sp³-hybridized carbons (Fsp3) is 0.625. The molecule has 20 heavy (non-hydrogen) atoms. The molecule has 0 amide bonds. The zero-order valence-corrected chi connectivity index (χ0v) is 13.1. The summed E-state index contributed by atoms with van der Waals surface area (Å²) >= 11 is 0. The normalized spacial score (nSPS) is 19.0. The zero-order valence-electron chi connectivity index (χ0n) is 13.1. The molecule has 1 unspecified atom stereocenters. The van der Waals surface area contributed by atoms with E-state index in [0.29, 0.717) is 6.04 Å². The van der Waals surface area contributed by atoms with E-state index >= 15 is 0 Å². The van der Waals surface area contributed by atoms with E-state index in [0.717, 1.165) is 38.5 Å². The van der Waals surface area contributed by atoms with E-state index in [2.05, 4.69) is 47.3 Å². The van der Waals surface area contributed by atoms with Crippen molar-refractivity contribution in [3.63, 3.8) is 0 Å². The lowest BCUT2D eigenvalue weighted by Crippen LogP contribution is -2.47. The van der Waals surface area contributed by atoms with Crippen LogP contribution in [0.2, 0.25) is 0 Å². The molecule has 1 heterocycles. The van der Waals surface area contributed by atoms with Crippen molar-refractivity contribution in [3.05, 3.63) is 29.3 Å². The number of piperazine rings is 1. The summed E-state index contributed by atoms with van der Waals surface area (Å²) in [6, 6.07) is 6.72. The van der Waals surface area contributed by atoms with Crippen LogP contribution in [0.1, 0.15) is 17.2 Å². The Morgan fingerprint density at radius 3 is 2.55 bits per heavy atom. The maximum atomic E-state index is 5.52. The molecule has 1 aromatic carbocycles. The minimum atomic E-state index is 0.313. The van der Waals surface area contributed by atoms with Gasteiger partial charge in [-0.05, 0) is 27.1 Å². The lowest BCUT2D eigenvalue weighted by atomic mass is 10.0. The number of hydrogen-bond acceptors (Lipinski definition) is 4. The number of aryl methyl sites for hydroxylation is 1. The minimum absolute atomic E-state index is 0.313. The van der Waals surface area contributed by atoms with Crippen molar-refractivity contribution >= 4 is 0 Å². The standard InChI is InChI=1S/C16H27N3O/c1-13-5-6-16(20-4)14(11-13)15(17-2)12-19-9-7-18(3)8-10-19/h5-6,11,15,17H,7-10,12H2,1-4H3. The average molecular weight is 277 g/mol. The molecule has 0 bridgehead atoms. The Bertz CT molecular complexity index is 428. The first-order valence-corrected chi connectivity index (χ1v) is 7.36. The van der Waals surface area contributed by atoms with Gasteiger partial charge in [0.25, 0.3) is 0 Å². The van der Waals surface area contributed by atoms with Gasteiger partial charge in [0.05, 0.1) is 7.11 Å². The highest BCUT2D eigenvalue weighted by Gasteiger charge is 2.20. The van der Waals surface area contributed by atoms with Gasteiger partial charge in [0, 0.05) is 44.3 Å². The maximum Gasteiger partial charge on any atom is 0.123 e. The SMILES string of the molecule is CNC(CN1CCN(C)CC1)c1cc(C)ccc1OC. The molecule has 4 nitrogen and oxygen atoms in total. The molecule has 0 saturated carbocycles. The average Bonchev–Trinajstić information content (AvgIpc) is 2.46. The Morgan fingerprint density at radius 2 is 1.95 bits per heavy atom. The highest BCUT2D eigenvalue weighted by Crippen LogP contribution is 2.27. The van der Waals surface area contributed by atoms with Crippen molar-refractivity contribution in [2.24, 2.45) is 0 Å². The smallest absolute Gasteiger partial charge is 0.123 e. The third-order valence-corrected chi connectivity index (χ3v) is 4.15. The highest BCUT2D eigenvalue weighted by atomic mass is 16.5. The van der Waals surface area contributed by atoms with Gasteiger partial charge >= 0.3 is 0 Å². The van der Waals surface area contributed by atoms with Gasteiger partial charge in [-0.1, -0.05) is 17.7 Å². The van der Waals surface area contributed by atoms with Gasteiger partial charge in [-0.15, -0.1) is 0 Å². The van der Waals surface area contributed by atoms with E-state index in [1.54, 1.807) is 7.11 Å². The number of ether oxygens (including phenoxy) is 1. The monoisotopic (exact) mass is 277 g/mol. The third-order valence-electron chi connectivity index (χ3n) is 4.15. The number of nitrogens with zero attached hydrogens (tertiary/aromatic N) is 2. The Hall–Kier alpha value is -1.10. The third kappa shape index (κ3) is 3.72. The fourth-order valence-electron chi connectivity index (χ4n) is 2.76. The molecule has 0 aromatic heterocycles. The van der Waals surface area contributed by atoms with Crippen LogP contribution in [-0.2, 0) is 0 Å². The van der Waals surface area contributed by atoms with Crippen LogP contribution in [0.15, 0.2) is 18.2 Å². The minimum Gasteiger partial charge on any atom is -0.496 e. The lowest BCUT2D eigenvalue weighted by molar-refractivity contribution is 0.143. The molecule has 1 N–H and O–H groups in total. The summed E-state index contributed by atoms with van der Waals surface area (Å²) in [6.07, 6.45) is 0. The Labute approximate surface area is 122 Å². The van der Waals surface area contributed by atoms with E-state index in [-0.39, 0.29) is 0 Å². The molecule has 0 aliphatic carbocycles. The van der Waals surface area contributed by atoms with E-state index < -0.39 is 0 Å². The Morgan fingerprint density at radius 1 is 1.25 bits per heavy atom. The Balaban J connectivity index is 2.09. The molecular formula is C16H27N3O. The van der Waals surface area contributed by atoms with E-state index in [1.165, 1.54) is 11.1 Å².